The maximum atomic E-state index is 13.2. The molecule has 2 saturated heterocycles. The normalized spacial score (nSPS) is 17.5. The minimum absolute atomic E-state index is 0.127. The van der Waals surface area contributed by atoms with Crippen LogP contribution in [0.25, 0.3) is 11.1 Å². The van der Waals surface area contributed by atoms with Crippen molar-refractivity contribution in [3.05, 3.63) is 83.0 Å². The topological polar surface area (TPSA) is 80.5 Å². The summed E-state index contributed by atoms with van der Waals surface area (Å²) in [5, 5.41) is 3.00. The molecule has 2 fully saturated rings. The van der Waals surface area contributed by atoms with E-state index in [-0.39, 0.29) is 23.9 Å². The number of carbonyl (C=O) groups excluding carboxylic acids is 1. The SMILES string of the molecule is C[C@@H](NC(=O)c1ccnc(N2CC3(CCOC3)C2)c1)c1ccc(-c2cc(C(F)(F)F)ccc2CN)cc1. The molecule has 3 heterocycles. The minimum Gasteiger partial charge on any atom is -0.381 e. The van der Waals surface area contributed by atoms with E-state index >= 15 is 0 Å². The third kappa shape index (κ3) is 5.19. The van der Waals surface area contributed by atoms with Crippen molar-refractivity contribution in [1.82, 2.24) is 10.3 Å². The van der Waals surface area contributed by atoms with Gasteiger partial charge >= 0.3 is 6.18 Å². The number of ether oxygens (including phenoxy) is 1. The van der Waals surface area contributed by atoms with E-state index in [9.17, 15) is 18.0 Å². The van der Waals surface area contributed by atoms with Crippen LogP contribution in [-0.4, -0.2) is 37.2 Å². The lowest BCUT2D eigenvalue weighted by molar-refractivity contribution is -0.137. The van der Waals surface area contributed by atoms with Gasteiger partial charge in [-0.3, -0.25) is 4.79 Å². The number of alkyl halides is 3. The first-order chi connectivity index (χ1) is 17.7. The summed E-state index contributed by atoms with van der Waals surface area (Å²) in [7, 11) is 0. The Balaban J connectivity index is 1.26. The van der Waals surface area contributed by atoms with Crippen molar-refractivity contribution < 1.29 is 22.7 Å². The number of nitrogens with zero attached hydrogens (tertiary/aromatic N) is 2. The molecule has 1 aromatic heterocycles. The number of pyridine rings is 1. The lowest BCUT2D eigenvalue weighted by Crippen LogP contribution is -2.57. The minimum atomic E-state index is -4.44. The predicted octanol–water partition coefficient (Wildman–Crippen LogP) is 4.94. The standard InChI is InChI=1S/C28H29F3N4O2/c1-18(19-2-4-20(5-3-19)24-13-23(28(29,30)31)7-6-22(24)14-32)34-26(36)21-8-10-33-25(12-21)35-15-27(16-35)9-11-37-17-27/h2-8,10,12-13,18H,9,11,14-17,32H2,1H3,(H,34,36)/t18-/m1/s1. The molecule has 6 nitrogen and oxygen atoms in total. The maximum absolute atomic E-state index is 13.2. The second-order valence-corrected chi connectivity index (χ2v) is 9.95. The van der Waals surface area contributed by atoms with Crippen molar-refractivity contribution in [2.24, 2.45) is 11.1 Å². The van der Waals surface area contributed by atoms with Crippen molar-refractivity contribution in [3.8, 4) is 11.1 Å². The molecule has 0 saturated carbocycles. The number of hydrogen-bond acceptors (Lipinski definition) is 5. The number of aromatic nitrogens is 1. The van der Waals surface area contributed by atoms with Crippen LogP contribution in [0.5, 0.6) is 0 Å². The molecule has 9 heteroatoms. The third-order valence-electron chi connectivity index (χ3n) is 7.30. The molecule has 0 aliphatic carbocycles. The van der Waals surface area contributed by atoms with Gasteiger partial charge in [-0.25, -0.2) is 4.98 Å². The molecule has 1 spiro atoms. The van der Waals surface area contributed by atoms with Crippen molar-refractivity contribution in [3.63, 3.8) is 0 Å². The first-order valence-electron chi connectivity index (χ1n) is 12.3. The van der Waals surface area contributed by atoms with Crippen LogP contribution in [0.1, 0.15) is 46.4 Å². The fourth-order valence-electron chi connectivity index (χ4n) is 5.07. The molecule has 1 atom stereocenters. The Hall–Kier alpha value is -3.43. The quantitative estimate of drug-likeness (QED) is 0.491. The highest BCUT2D eigenvalue weighted by Gasteiger charge is 2.46. The van der Waals surface area contributed by atoms with Crippen LogP contribution in [-0.2, 0) is 17.5 Å². The summed E-state index contributed by atoms with van der Waals surface area (Å²) in [5.74, 6) is 0.557. The van der Waals surface area contributed by atoms with Crippen LogP contribution >= 0.6 is 0 Å². The van der Waals surface area contributed by atoms with Gasteiger partial charge in [0, 0.05) is 43.4 Å². The van der Waals surface area contributed by atoms with E-state index in [0.29, 0.717) is 22.3 Å². The molecule has 5 rings (SSSR count). The number of rotatable bonds is 6. The highest BCUT2D eigenvalue weighted by Crippen LogP contribution is 2.40. The fraction of sp³-hybridized carbons (Fsp3) is 0.357. The van der Waals surface area contributed by atoms with Crippen molar-refractivity contribution in [2.75, 3.05) is 31.2 Å². The predicted molar refractivity (Wildman–Crippen MR) is 135 cm³/mol. The molecule has 1 amide bonds. The monoisotopic (exact) mass is 510 g/mol. The lowest BCUT2D eigenvalue weighted by atomic mass is 9.79. The summed E-state index contributed by atoms with van der Waals surface area (Å²) in [6.07, 6.45) is -1.74. The molecule has 2 aliphatic rings. The average molecular weight is 511 g/mol. The first kappa shape index (κ1) is 25.2. The van der Waals surface area contributed by atoms with Crippen molar-refractivity contribution >= 4 is 11.7 Å². The molecule has 2 aromatic carbocycles. The molecule has 2 aliphatic heterocycles. The second-order valence-electron chi connectivity index (χ2n) is 9.95. The summed E-state index contributed by atoms with van der Waals surface area (Å²) in [4.78, 5) is 19.6. The molecule has 0 unspecified atom stereocenters. The van der Waals surface area contributed by atoms with Crippen LogP contribution in [0.3, 0.4) is 0 Å². The Morgan fingerprint density at radius 2 is 1.92 bits per heavy atom. The number of halogens is 3. The van der Waals surface area contributed by atoms with Gasteiger partial charge in [0.15, 0.2) is 0 Å². The Labute approximate surface area is 213 Å². The van der Waals surface area contributed by atoms with Gasteiger partial charge in [-0.05, 0) is 59.9 Å². The van der Waals surface area contributed by atoms with Crippen molar-refractivity contribution in [2.45, 2.75) is 32.1 Å². The number of amides is 1. The Kier molecular flexibility index (Phi) is 6.68. The van der Waals surface area contributed by atoms with Crippen LogP contribution in [0.2, 0.25) is 0 Å². The number of hydrogen-bond donors (Lipinski definition) is 2. The second kappa shape index (κ2) is 9.79. The molecule has 37 heavy (non-hydrogen) atoms. The van der Waals surface area contributed by atoms with Gasteiger partial charge < -0.3 is 20.7 Å². The summed E-state index contributed by atoms with van der Waals surface area (Å²) >= 11 is 0. The van der Waals surface area contributed by atoms with Crippen LogP contribution in [0, 0.1) is 5.41 Å². The van der Waals surface area contributed by atoms with Gasteiger partial charge in [0.05, 0.1) is 18.2 Å². The van der Waals surface area contributed by atoms with Crippen LogP contribution in [0.4, 0.5) is 19.0 Å². The molecule has 0 radical (unpaired) electrons. The lowest BCUT2D eigenvalue weighted by Gasteiger charge is -2.47. The molecule has 3 N–H and O–H groups in total. The van der Waals surface area contributed by atoms with E-state index < -0.39 is 11.7 Å². The summed E-state index contributed by atoms with van der Waals surface area (Å²) in [6.45, 7) is 5.33. The van der Waals surface area contributed by atoms with E-state index in [1.807, 2.05) is 19.1 Å². The largest absolute Gasteiger partial charge is 0.416 e. The van der Waals surface area contributed by atoms with Gasteiger partial charge in [-0.1, -0.05) is 30.3 Å². The number of anilines is 1. The molecule has 0 bridgehead atoms. The zero-order valence-electron chi connectivity index (χ0n) is 20.5. The van der Waals surface area contributed by atoms with E-state index in [0.717, 1.165) is 56.2 Å². The van der Waals surface area contributed by atoms with E-state index in [1.54, 1.807) is 30.5 Å². The Bertz CT molecular complexity index is 1280. The van der Waals surface area contributed by atoms with Gasteiger partial charge in [0.25, 0.3) is 5.91 Å². The first-order valence-corrected chi connectivity index (χ1v) is 12.3. The van der Waals surface area contributed by atoms with Gasteiger partial charge in [0.1, 0.15) is 5.82 Å². The van der Waals surface area contributed by atoms with Crippen LogP contribution in [0.15, 0.2) is 60.8 Å². The van der Waals surface area contributed by atoms with E-state index in [4.69, 9.17) is 10.5 Å². The third-order valence-corrected chi connectivity index (χ3v) is 7.30. The number of benzene rings is 2. The summed E-state index contributed by atoms with van der Waals surface area (Å²) in [5.41, 5.74) is 8.33. The van der Waals surface area contributed by atoms with Gasteiger partial charge in [-0.2, -0.15) is 13.2 Å². The highest BCUT2D eigenvalue weighted by molar-refractivity contribution is 5.95. The Morgan fingerprint density at radius 3 is 2.57 bits per heavy atom. The number of carbonyl (C=O) groups is 1. The molecular weight excluding hydrogens is 481 g/mol. The van der Waals surface area contributed by atoms with Crippen LogP contribution < -0.4 is 16.0 Å². The molecular formula is C28H29F3N4O2. The number of nitrogens with two attached hydrogens (primary N) is 1. The smallest absolute Gasteiger partial charge is 0.381 e. The van der Waals surface area contributed by atoms with Crippen molar-refractivity contribution in [1.29, 1.82) is 0 Å². The maximum Gasteiger partial charge on any atom is 0.416 e. The zero-order valence-corrected chi connectivity index (χ0v) is 20.5. The molecule has 3 aromatic rings. The average Bonchev–Trinajstić information content (AvgIpc) is 3.38. The summed E-state index contributed by atoms with van der Waals surface area (Å²) in [6, 6.07) is 13.9. The Morgan fingerprint density at radius 1 is 1.16 bits per heavy atom. The fourth-order valence-corrected chi connectivity index (χ4v) is 5.07. The molecule has 194 valence electrons. The van der Waals surface area contributed by atoms with E-state index in [1.165, 1.54) is 6.07 Å². The summed E-state index contributed by atoms with van der Waals surface area (Å²) < 4.78 is 45.2. The highest BCUT2D eigenvalue weighted by atomic mass is 19.4. The number of nitrogens with one attached hydrogen (secondary N) is 1. The van der Waals surface area contributed by atoms with E-state index in [2.05, 4.69) is 15.2 Å². The zero-order chi connectivity index (χ0) is 26.2. The van der Waals surface area contributed by atoms with Gasteiger partial charge in [0.2, 0.25) is 0 Å². The van der Waals surface area contributed by atoms with Gasteiger partial charge in [-0.15, -0.1) is 0 Å².